The molecule has 1 heterocycles. The van der Waals surface area contributed by atoms with Gasteiger partial charge in [-0.15, -0.1) is 11.3 Å². The first-order valence-corrected chi connectivity index (χ1v) is 5.11. The Morgan fingerprint density at radius 3 is 2.79 bits per heavy atom. The molecule has 1 aromatic heterocycles. The standard InChI is InChI=1S/C10H5ClN2S/c11-9-4-2-1-3-8(9)10-13-6-7(5-12)14-10/h1-4,6H. The van der Waals surface area contributed by atoms with Gasteiger partial charge >= 0.3 is 0 Å². The number of nitriles is 1. The number of hydrogen-bond acceptors (Lipinski definition) is 3. The average Bonchev–Trinajstić information content (AvgIpc) is 2.67. The van der Waals surface area contributed by atoms with Gasteiger partial charge in [-0.25, -0.2) is 4.98 Å². The molecule has 2 nitrogen and oxygen atoms in total. The molecule has 0 saturated heterocycles. The van der Waals surface area contributed by atoms with Gasteiger partial charge in [0.2, 0.25) is 0 Å². The van der Waals surface area contributed by atoms with Gasteiger partial charge in [0.15, 0.2) is 0 Å². The van der Waals surface area contributed by atoms with E-state index in [4.69, 9.17) is 16.9 Å². The molecule has 0 atom stereocenters. The van der Waals surface area contributed by atoms with Crippen molar-refractivity contribution in [3.05, 3.63) is 40.4 Å². The lowest BCUT2D eigenvalue weighted by Crippen LogP contribution is -1.75. The van der Waals surface area contributed by atoms with Crippen LogP contribution in [0.1, 0.15) is 4.88 Å². The van der Waals surface area contributed by atoms with Gasteiger partial charge in [0, 0.05) is 5.56 Å². The summed E-state index contributed by atoms with van der Waals surface area (Å²) in [5.74, 6) is 0. The topological polar surface area (TPSA) is 36.7 Å². The van der Waals surface area contributed by atoms with E-state index in [9.17, 15) is 0 Å². The summed E-state index contributed by atoms with van der Waals surface area (Å²) in [6, 6.07) is 9.51. The van der Waals surface area contributed by atoms with E-state index >= 15 is 0 Å². The molecular weight excluding hydrogens is 216 g/mol. The third kappa shape index (κ3) is 1.63. The van der Waals surface area contributed by atoms with Crippen molar-refractivity contribution >= 4 is 22.9 Å². The van der Waals surface area contributed by atoms with E-state index in [0.717, 1.165) is 10.6 Å². The monoisotopic (exact) mass is 220 g/mol. The predicted molar refractivity (Wildman–Crippen MR) is 57.3 cm³/mol. The SMILES string of the molecule is N#Cc1cnc(-c2ccccc2Cl)s1. The van der Waals surface area contributed by atoms with Gasteiger partial charge in [0.05, 0.1) is 11.2 Å². The molecule has 0 aliphatic rings. The summed E-state index contributed by atoms with van der Waals surface area (Å²) in [4.78, 5) is 4.73. The first-order valence-electron chi connectivity index (χ1n) is 3.92. The van der Waals surface area contributed by atoms with Crippen molar-refractivity contribution in [3.8, 4) is 16.6 Å². The number of halogens is 1. The largest absolute Gasteiger partial charge is 0.243 e. The van der Waals surface area contributed by atoms with Gasteiger partial charge in [-0.05, 0) is 6.07 Å². The number of benzene rings is 1. The predicted octanol–water partition coefficient (Wildman–Crippen LogP) is 3.34. The molecule has 2 rings (SSSR count). The van der Waals surface area contributed by atoms with Crippen LogP contribution in [0.2, 0.25) is 5.02 Å². The van der Waals surface area contributed by atoms with E-state index in [1.807, 2.05) is 30.3 Å². The highest BCUT2D eigenvalue weighted by molar-refractivity contribution is 7.15. The Morgan fingerprint density at radius 2 is 2.14 bits per heavy atom. The fraction of sp³-hybridized carbons (Fsp3) is 0. The first-order chi connectivity index (χ1) is 6.81. The van der Waals surface area contributed by atoms with Crippen molar-refractivity contribution in [2.45, 2.75) is 0 Å². The van der Waals surface area contributed by atoms with Crippen LogP contribution in [0.15, 0.2) is 30.5 Å². The van der Waals surface area contributed by atoms with Crippen LogP contribution in [-0.4, -0.2) is 4.98 Å². The number of thiazole rings is 1. The van der Waals surface area contributed by atoms with Crippen molar-refractivity contribution in [1.29, 1.82) is 5.26 Å². The molecule has 4 heteroatoms. The molecule has 0 saturated carbocycles. The molecule has 0 spiro atoms. The summed E-state index contributed by atoms with van der Waals surface area (Å²) in [5.41, 5.74) is 0.876. The zero-order chi connectivity index (χ0) is 9.97. The summed E-state index contributed by atoms with van der Waals surface area (Å²) < 4.78 is 0. The molecule has 68 valence electrons. The highest BCUT2D eigenvalue weighted by Crippen LogP contribution is 2.30. The highest BCUT2D eigenvalue weighted by Gasteiger charge is 2.06. The lowest BCUT2D eigenvalue weighted by molar-refractivity contribution is 1.40. The molecule has 1 aromatic carbocycles. The summed E-state index contributed by atoms with van der Waals surface area (Å²) >= 11 is 7.34. The summed E-state index contributed by atoms with van der Waals surface area (Å²) in [6.45, 7) is 0. The molecule has 14 heavy (non-hydrogen) atoms. The molecule has 0 unspecified atom stereocenters. The van der Waals surface area contributed by atoms with Crippen LogP contribution in [0.4, 0.5) is 0 Å². The van der Waals surface area contributed by atoms with Crippen molar-refractivity contribution < 1.29 is 0 Å². The summed E-state index contributed by atoms with van der Waals surface area (Å²) in [7, 11) is 0. The van der Waals surface area contributed by atoms with Crippen LogP contribution in [0.3, 0.4) is 0 Å². The Kier molecular flexibility index (Phi) is 2.49. The maximum atomic E-state index is 8.65. The Hall–Kier alpha value is -1.37. The third-order valence-electron chi connectivity index (χ3n) is 1.72. The van der Waals surface area contributed by atoms with Crippen molar-refractivity contribution in [1.82, 2.24) is 4.98 Å². The summed E-state index contributed by atoms with van der Waals surface area (Å²) in [5, 5.41) is 10.1. The number of rotatable bonds is 1. The molecule has 0 amide bonds. The quantitative estimate of drug-likeness (QED) is 0.739. The van der Waals surface area contributed by atoms with E-state index in [-0.39, 0.29) is 0 Å². The molecule has 2 aromatic rings. The highest BCUT2D eigenvalue weighted by atomic mass is 35.5. The van der Waals surface area contributed by atoms with Gasteiger partial charge in [0.25, 0.3) is 0 Å². The first kappa shape index (κ1) is 9.20. The zero-order valence-electron chi connectivity index (χ0n) is 7.07. The van der Waals surface area contributed by atoms with Crippen molar-refractivity contribution in [3.63, 3.8) is 0 Å². The van der Waals surface area contributed by atoms with Crippen LogP contribution in [0, 0.1) is 11.3 Å². The Labute approximate surface area is 90.4 Å². The maximum Gasteiger partial charge on any atom is 0.126 e. The number of hydrogen-bond donors (Lipinski definition) is 0. The normalized spacial score (nSPS) is 9.71. The zero-order valence-corrected chi connectivity index (χ0v) is 8.64. The van der Waals surface area contributed by atoms with Crippen molar-refractivity contribution in [2.24, 2.45) is 0 Å². The number of aromatic nitrogens is 1. The van der Waals surface area contributed by atoms with Crippen LogP contribution in [0.25, 0.3) is 10.6 Å². The molecule has 0 radical (unpaired) electrons. The maximum absolute atomic E-state index is 8.65. The third-order valence-corrected chi connectivity index (χ3v) is 2.99. The average molecular weight is 221 g/mol. The fourth-order valence-corrected chi connectivity index (χ4v) is 2.12. The van der Waals surface area contributed by atoms with Crippen LogP contribution >= 0.6 is 22.9 Å². The van der Waals surface area contributed by atoms with Crippen molar-refractivity contribution in [2.75, 3.05) is 0 Å². The lowest BCUT2D eigenvalue weighted by Gasteiger charge is -1.97. The van der Waals surface area contributed by atoms with Crippen LogP contribution in [0.5, 0.6) is 0 Å². The molecule has 0 bridgehead atoms. The van der Waals surface area contributed by atoms with E-state index in [0.29, 0.717) is 9.90 Å². The van der Waals surface area contributed by atoms with Gasteiger partial charge in [-0.3, -0.25) is 0 Å². The Balaban J connectivity index is 2.51. The van der Waals surface area contributed by atoms with Gasteiger partial charge in [0.1, 0.15) is 16.0 Å². The molecule has 0 fully saturated rings. The molecule has 0 aliphatic heterocycles. The second-order valence-electron chi connectivity index (χ2n) is 2.62. The molecule has 0 aliphatic carbocycles. The van der Waals surface area contributed by atoms with E-state index in [1.54, 1.807) is 6.20 Å². The van der Waals surface area contributed by atoms with Gasteiger partial charge in [-0.2, -0.15) is 5.26 Å². The van der Waals surface area contributed by atoms with E-state index in [2.05, 4.69) is 4.98 Å². The van der Waals surface area contributed by atoms with Crippen LogP contribution in [-0.2, 0) is 0 Å². The lowest BCUT2D eigenvalue weighted by atomic mass is 10.2. The Bertz CT molecular complexity index is 499. The Morgan fingerprint density at radius 1 is 1.36 bits per heavy atom. The molecule has 0 N–H and O–H groups in total. The van der Waals surface area contributed by atoms with Gasteiger partial charge < -0.3 is 0 Å². The summed E-state index contributed by atoms with van der Waals surface area (Å²) in [6.07, 6.45) is 1.56. The fourth-order valence-electron chi connectivity index (χ4n) is 1.08. The van der Waals surface area contributed by atoms with E-state index in [1.165, 1.54) is 11.3 Å². The van der Waals surface area contributed by atoms with E-state index < -0.39 is 0 Å². The second-order valence-corrected chi connectivity index (χ2v) is 4.06. The van der Waals surface area contributed by atoms with Gasteiger partial charge in [-0.1, -0.05) is 29.8 Å². The second kappa shape index (κ2) is 3.79. The van der Waals surface area contributed by atoms with Crippen LogP contribution < -0.4 is 0 Å². The number of nitrogens with zero attached hydrogens (tertiary/aromatic N) is 2. The smallest absolute Gasteiger partial charge is 0.126 e. The minimum absolute atomic E-state index is 0.597. The molecular formula is C10H5ClN2S. The minimum atomic E-state index is 0.597. The minimum Gasteiger partial charge on any atom is -0.243 e.